The molecule has 0 saturated heterocycles. The third-order valence-electron chi connectivity index (χ3n) is 4.77. The van der Waals surface area contributed by atoms with E-state index in [2.05, 4.69) is 25.2 Å². The minimum atomic E-state index is -0.108. The van der Waals surface area contributed by atoms with Crippen LogP contribution in [0, 0.1) is 6.92 Å². The van der Waals surface area contributed by atoms with Gasteiger partial charge in [-0.1, -0.05) is 32.0 Å². The highest BCUT2D eigenvalue weighted by Crippen LogP contribution is 2.31. The third kappa shape index (κ3) is 5.35. The number of para-hydroxylation sites is 1. The number of amides is 2. The number of hydrogen-bond donors (Lipinski definition) is 1. The van der Waals surface area contributed by atoms with Crippen molar-refractivity contribution >= 4 is 28.9 Å². The summed E-state index contributed by atoms with van der Waals surface area (Å²) >= 11 is 0. The highest BCUT2D eigenvalue weighted by molar-refractivity contribution is 5.96. The van der Waals surface area contributed by atoms with Crippen LogP contribution in [0.25, 0.3) is 0 Å². The van der Waals surface area contributed by atoms with Crippen molar-refractivity contribution in [3.05, 3.63) is 53.6 Å². The predicted octanol–water partition coefficient (Wildman–Crippen LogP) is 4.57. The van der Waals surface area contributed by atoms with Crippen molar-refractivity contribution in [2.75, 3.05) is 35.8 Å². The second-order valence-electron chi connectivity index (χ2n) is 7.58. The molecule has 0 aliphatic heterocycles. The monoisotopic (exact) mass is 381 g/mol. The average molecular weight is 382 g/mol. The Morgan fingerprint density at radius 2 is 1.68 bits per heavy atom. The number of nitrogens with zero attached hydrogens (tertiary/aromatic N) is 2. The number of hydrogen-bond acceptors (Lipinski definition) is 3. The maximum Gasteiger partial charge on any atom is 0.226 e. The van der Waals surface area contributed by atoms with Crippen molar-refractivity contribution in [2.24, 2.45) is 0 Å². The van der Waals surface area contributed by atoms with E-state index in [0.29, 0.717) is 12.5 Å². The molecule has 2 rings (SSSR count). The summed E-state index contributed by atoms with van der Waals surface area (Å²) in [6.07, 6.45) is 0.237. The smallest absolute Gasteiger partial charge is 0.226 e. The first-order valence-corrected chi connectivity index (χ1v) is 9.65. The molecule has 0 atom stereocenters. The fourth-order valence-electron chi connectivity index (χ4n) is 3.22. The molecule has 0 fully saturated rings. The van der Waals surface area contributed by atoms with Gasteiger partial charge in [-0.05, 0) is 48.2 Å². The quantitative estimate of drug-likeness (QED) is 0.764. The lowest BCUT2D eigenvalue weighted by molar-refractivity contribution is -0.117. The lowest BCUT2D eigenvalue weighted by atomic mass is 9.97. The normalized spacial score (nSPS) is 10.7. The second kappa shape index (κ2) is 9.40. The largest absolute Gasteiger partial charge is 0.378 e. The molecule has 28 heavy (non-hydrogen) atoms. The zero-order chi connectivity index (χ0) is 20.8. The fourth-order valence-corrected chi connectivity index (χ4v) is 3.22. The molecule has 0 heterocycles. The number of anilines is 3. The Kier molecular flexibility index (Phi) is 7.21. The Morgan fingerprint density at radius 3 is 2.21 bits per heavy atom. The Hall–Kier alpha value is -2.82. The van der Waals surface area contributed by atoms with Crippen LogP contribution < -0.4 is 15.1 Å². The molecule has 2 aromatic rings. The fraction of sp³-hybridized carbons (Fsp3) is 0.391. The number of nitrogens with one attached hydrogen (secondary N) is 1. The van der Waals surface area contributed by atoms with Crippen LogP contribution in [-0.2, 0) is 9.59 Å². The number of aryl methyl sites for hydroxylation is 1. The third-order valence-corrected chi connectivity index (χ3v) is 4.77. The predicted molar refractivity (Wildman–Crippen MR) is 117 cm³/mol. The Bertz CT molecular complexity index is 826. The zero-order valence-corrected chi connectivity index (χ0v) is 17.7. The van der Waals surface area contributed by atoms with Gasteiger partial charge in [-0.25, -0.2) is 0 Å². The molecule has 0 aliphatic carbocycles. The van der Waals surface area contributed by atoms with Gasteiger partial charge in [0.05, 0.1) is 0 Å². The Morgan fingerprint density at radius 1 is 1.04 bits per heavy atom. The summed E-state index contributed by atoms with van der Waals surface area (Å²) in [7, 11) is 3.95. The van der Waals surface area contributed by atoms with Gasteiger partial charge in [-0.15, -0.1) is 0 Å². The lowest BCUT2D eigenvalue weighted by Gasteiger charge is -2.27. The second-order valence-corrected chi connectivity index (χ2v) is 7.58. The van der Waals surface area contributed by atoms with Gasteiger partial charge < -0.3 is 15.1 Å². The summed E-state index contributed by atoms with van der Waals surface area (Å²) in [5, 5.41) is 2.91. The molecule has 5 nitrogen and oxygen atoms in total. The van der Waals surface area contributed by atoms with E-state index in [4.69, 9.17) is 0 Å². The molecule has 150 valence electrons. The topological polar surface area (TPSA) is 52.7 Å². The van der Waals surface area contributed by atoms with Crippen molar-refractivity contribution in [2.45, 2.75) is 40.0 Å². The molecule has 1 N–H and O–H groups in total. The zero-order valence-electron chi connectivity index (χ0n) is 17.7. The Balaban J connectivity index is 2.10. The van der Waals surface area contributed by atoms with Crippen molar-refractivity contribution in [3.8, 4) is 0 Å². The van der Waals surface area contributed by atoms with E-state index in [1.54, 1.807) is 11.8 Å². The van der Waals surface area contributed by atoms with Crippen LogP contribution in [0.1, 0.15) is 44.2 Å². The molecular weight excluding hydrogens is 350 g/mol. The van der Waals surface area contributed by atoms with E-state index in [1.807, 2.05) is 62.3 Å². The highest BCUT2D eigenvalue weighted by atomic mass is 16.2. The molecular formula is C23H31N3O2. The van der Waals surface area contributed by atoms with Crippen LogP contribution in [0.4, 0.5) is 17.1 Å². The average Bonchev–Trinajstić information content (AvgIpc) is 2.63. The highest BCUT2D eigenvalue weighted by Gasteiger charge is 2.20. The summed E-state index contributed by atoms with van der Waals surface area (Å²) in [4.78, 5) is 28.5. The molecule has 0 saturated carbocycles. The van der Waals surface area contributed by atoms with E-state index in [9.17, 15) is 9.59 Å². The molecule has 2 amide bonds. The first-order valence-electron chi connectivity index (χ1n) is 9.65. The molecule has 0 bridgehead atoms. The number of benzene rings is 2. The first-order chi connectivity index (χ1) is 13.2. The van der Waals surface area contributed by atoms with E-state index >= 15 is 0 Å². The van der Waals surface area contributed by atoms with Crippen LogP contribution in [-0.4, -0.2) is 32.5 Å². The minimum absolute atomic E-state index is 0.0562. The van der Waals surface area contributed by atoms with Crippen LogP contribution in [0.2, 0.25) is 0 Å². The lowest BCUT2D eigenvalue weighted by Crippen LogP contribution is -2.33. The van der Waals surface area contributed by atoms with Gasteiger partial charge >= 0.3 is 0 Å². The van der Waals surface area contributed by atoms with Gasteiger partial charge in [0.15, 0.2) is 0 Å². The van der Waals surface area contributed by atoms with Gasteiger partial charge in [0.2, 0.25) is 11.8 Å². The van der Waals surface area contributed by atoms with Crippen LogP contribution in [0.5, 0.6) is 0 Å². The van der Waals surface area contributed by atoms with Gasteiger partial charge in [0.1, 0.15) is 0 Å². The number of carbonyl (C=O) groups is 2. The molecule has 5 heteroatoms. The summed E-state index contributed by atoms with van der Waals surface area (Å²) in [5.41, 5.74) is 4.91. The molecule has 0 radical (unpaired) electrons. The van der Waals surface area contributed by atoms with Crippen molar-refractivity contribution in [1.29, 1.82) is 0 Å². The van der Waals surface area contributed by atoms with Crippen LogP contribution in [0.3, 0.4) is 0 Å². The molecule has 0 aromatic heterocycles. The maximum absolute atomic E-state index is 12.4. The first kappa shape index (κ1) is 21.5. The van der Waals surface area contributed by atoms with Crippen LogP contribution in [0.15, 0.2) is 42.5 Å². The molecule has 0 spiro atoms. The van der Waals surface area contributed by atoms with E-state index < -0.39 is 0 Å². The van der Waals surface area contributed by atoms with Gasteiger partial charge in [-0.3, -0.25) is 9.59 Å². The van der Waals surface area contributed by atoms with E-state index in [1.165, 1.54) is 0 Å². The van der Waals surface area contributed by atoms with E-state index in [0.717, 1.165) is 28.2 Å². The van der Waals surface area contributed by atoms with Gasteiger partial charge in [0.25, 0.3) is 0 Å². The van der Waals surface area contributed by atoms with E-state index in [-0.39, 0.29) is 18.2 Å². The summed E-state index contributed by atoms with van der Waals surface area (Å²) in [6, 6.07) is 13.7. The van der Waals surface area contributed by atoms with Crippen molar-refractivity contribution < 1.29 is 9.59 Å². The van der Waals surface area contributed by atoms with Crippen molar-refractivity contribution in [1.82, 2.24) is 0 Å². The van der Waals surface area contributed by atoms with Crippen LogP contribution >= 0.6 is 0 Å². The summed E-state index contributed by atoms with van der Waals surface area (Å²) < 4.78 is 0. The maximum atomic E-state index is 12.4. The number of rotatable bonds is 7. The van der Waals surface area contributed by atoms with Crippen molar-refractivity contribution in [3.63, 3.8) is 0 Å². The molecule has 0 aliphatic rings. The summed E-state index contributed by atoms with van der Waals surface area (Å²) in [6.45, 7) is 8.13. The molecule has 2 aromatic carbocycles. The Labute approximate surface area is 168 Å². The van der Waals surface area contributed by atoms with Gasteiger partial charge in [-0.2, -0.15) is 0 Å². The van der Waals surface area contributed by atoms with Gasteiger partial charge in [0, 0.05) is 51.0 Å². The minimum Gasteiger partial charge on any atom is -0.378 e. The standard InChI is InChI=1S/C23H31N3O2/c1-16(2)21-9-7-8-17(3)23(21)26(18(4)27)15-14-22(28)24-19-10-12-20(13-11-19)25(5)6/h7-13,16H,14-15H2,1-6H3,(H,24,28). The number of carbonyl (C=O) groups excluding carboxylic acids is 2. The molecule has 0 unspecified atom stereocenters. The summed E-state index contributed by atoms with van der Waals surface area (Å²) in [5.74, 6) is 0.128. The SMILES string of the molecule is CC(=O)N(CCC(=O)Nc1ccc(N(C)C)cc1)c1c(C)cccc1C(C)C.